The van der Waals surface area contributed by atoms with Gasteiger partial charge < -0.3 is 9.73 Å². The van der Waals surface area contributed by atoms with Crippen molar-refractivity contribution in [1.29, 1.82) is 0 Å². The normalized spacial score (nSPS) is 10.5. The van der Waals surface area contributed by atoms with Crippen molar-refractivity contribution in [2.45, 2.75) is 19.8 Å². The predicted molar refractivity (Wildman–Crippen MR) is 90.4 cm³/mol. The Morgan fingerprint density at radius 2 is 2.12 bits per heavy atom. The highest BCUT2D eigenvalue weighted by molar-refractivity contribution is 7.15. The Morgan fingerprint density at radius 1 is 1.25 bits per heavy atom. The van der Waals surface area contributed by atoms with E-state index in [0.29, 0.717) is 16.7 Å². The number of nitrogens with one attached hydrogen (secondary N) is 2. The number of carbonyl (C=O) groups is 2. The number of amides is 2. The van der Waals surface area contributed by atoms with Crippen LogP contribution in [-0.2, 0) is 11.2 Å². The maximum atomic E-state index is 11.9. The topological polar surface area (TPSA) is 110 Å². The number of hydrogen-bond acceptors (Lipinski definition) is 8. The zero-order valence-corrected chi connectivity index (χ0v) is 14.2. The molecule has 0 fully saturated rings. The third kappa shape index (κ3) is 4.24. The van der Waals surface area contributed by atoms with E-state index in [1.807, 2.05) is 6.92 Å². The van der Waals surface area contributed by atoms with Crippen LogP contribution >= 0.6 is 22.7 Å². The highest BCUT2D eigenvalue weighted by atomic mass is 32.1. The Kier molecular flexibility index (Phi) is 4.96. The van der Waals surface area contributed by atoms with Gasteiger partial charge in [-0.3, -0.25) is 14.9 Å². The van der Waals surface area contributed by atoms with Crippen LogP contribution in [-0.4, -0.2) is 27.0 Å². The SMILES string of the molecule is Cc1nnc(NC(=O)CCc2csc(NC(=O)c3ccco3)n2)s1. The van der Waals surface area contributed by atoms with Gasteiger partial charge in [-0.2, -0.15) is 0 Å². The van der Waals surface area contributed by atoms with Crippen LogP contribution < -0.4 is 10.6 Å². The fraction of sp³-hybridized carbons (Fsp3) is 0.214. The smallest absolute Gasteiger partial charge is 0.293 e. The van der Waals surface area contributed by atoms with Crippen LogP contribution in [0, 0.1) is 6.92 Å². The average molecular weight is 363 g/mol. The first-order valence-electron chi connectivity index (χ1n) is 6.99. The summed E-state index contributed by atoms with van der Waals surface area (Å²) in [7, 11) is 0. The maximum Gasteiger partial charge on any atom is 0.293 e. The zero-order chi connectivity index (χ0) is 16.9. The van der Waals surface area contributed by atoms with Crippen molar-refractivity contribution < 1.29 is 14.0 Å². The van der Waals surface area contributed by atoms with Crippen LogP contribution in [0.3, 0.4) is 0 Å². The van der Waals surface area contributed by atoms with Crippen LogP contribution in [0.25, 0.3) is 0 Å². The predicted octanol–water partition coefficient (Wildman–Crippen LogP) is 2.72. The largest absolute Gasteiger partial charge is 0.459 e. The number of furan rings is 1. The van der Waals surface area contributed by atoms with Gasteiger partial charge in [0.2, 0.25) is 11.0 Å². The minimum Gasteiger partial charge on any atom is -0.459 e. The standard InChI is InChI=1S/C14H13N5O3S2/c1-8-18-19-14(24-8)16-11(20)5-4-9-7-23-13(15-9)17-12(21)10-3-2-6-22-10/h2-3,6-7H,4-5H2,1H3,(H,15,17,21)(H,16,19,20). The summed E-state index contributed by atoms with van der Waals surface area (Å²) in [4.78, 5) is 28.0. The van der Waals surface area contributed by atoms with Crippen molar-refractivity contribution in [1.82, 2.24) is 15.2 Å². The van der Waals surface area contributed by atoms with Gasteiger partial charge in [-0.05, 0) is 25.5 Å². The van der Waals surface area contributed by atoms with E-state index in [2.05, 4.69) is 25.8 Å². The van der Waals surface area contributed by atoms with Gasteiger partial charge in [0, 0.05) is 11.8 Å². The first-order valence-corrected chi connectivity index (χ1v) is 8.69. The molecule has 3 aromatic rings. The molecule has 0 radical (unpaired) electrons. The Labute approximate surface area is 144 Å². The van der Waals surface area contributed by atoms with Crippen LogP contribution in [0.5, 0.6) is 0 Å². The third-order valence-corrected chi connectivity index (χ3v) is 4.46. The fourth-order valence-electron chi connectivity index (χ4n) is 1.82. The molecular weight excluding hydrogens is 350 g/mol. The summed E-state index contributed by atoms with van der Waals surface area (Å²) in [5.74, 6) is -0.288. The Morgan fingerprint density at radius 3 is 2.83 bits per heavy atom. The molecule has 3 rings (SSSR count). The van der Waals surface area contributed by atoms with Crippen molar-refractivity contribution in [2.75, 3.05) is 10.6 Å². The fourth-order valence-corrected chi connectivity index (χ4v) is 3.16. The summed E-state index contributed by atoms with van der Waals surface area (Å²) >= 11 is 2.62. The molecule has 0 spiro atoms. The van der Waals surface area contributed by atoms with Crippen LogP contribution in [0.15, 0.2) is 28.2 Å². The molecule has 2 amide bonds. The summed E-state index contributed by atoms with van der Waals surface area (Å²) < 4.78 is 5.01. The quantitative estimate of drug-likeness (QED) is 0.697. The van der Waals surface area contributed by atoms with Crippen molar-refractivity contribution in [3.63, 3.8) is 0 Å². The molecular formula is C14H13N5O3S2. The third-order valence-electron chi connectivity index (χ3n) is 2.90. The molecule has 0 aliphatic carbocycles. The highest BCUT2D eigenvalue weighted by Gasteiger charge is 2.12. The van der Waals surface area contributed by atoms with Gasteiger partial charge in [-0.1, -0.05) is 11.3 Å². The monoisotopic (exact) mass is 363 g/mol. The second kappa shape index (κ2) is 7.32. The summed E-state index contributed by atoms with van der Waals surface area (Å²) in [6.07, 6.45) is 2.17. The number of aryl methyl sites for hydroxylation is 2. The number of hydrogen-bond donors (Lipinski definition) is 2. The lowest BCUT2D eigenvalue weighted by Crippen LogP contribution is -2.12. The van der Waals surface area contributed by atoms with E-state index >= 15 is 0 Å². The highest BCUT2D eigenvalue weighted by Crippen LogP contribution is 2.18. The Hall–Kier alpha value is -2.59. The molecule has 0 saturated heterocycles. The van der Waals surface area contributed by atoms with Crippen LogP contribution in [0.2, 0.25) is 0 Å². The minimum atomic E-state index is -0.356. The Bertz CT molecular complexity index is 840. The van der Waals surface area contributed by atoms with Crippen molar-refractivity contribution in [3.8, 4) is 0 Å². The number of aromatic nitrogens is 3. The summed E-state index contributed by atoms with van der Waals surface area (Å²) in [6.45, 7) is 1.82. The molecule has 8 nitrogen and oxygen atoms in total. The second-order valence-electron chi connectivity index (χ2n) is 4.75. The van der Waals surface area contributed by atoms with Gasteiger partial charge in [0.15, 0.2) is 10.9 Å². The van der Waals surface area contributed by atoms with Crippen LogP contribution in [0.4, 0.5) is 10.3 Å². The first kappa shape index (κ1) is 16.3. The second-order valence-corrected chi connectivity index (χ2v) is 6.79. The van der Waals surface area contributed by atoms with Gasteiger partial charge in [-0.15, -0.1) is 21.5 Å². The lowest BCUT2D eigenvalue weighted by Gasteiger charge is -1.99. The molecule has 0 atom stereocenters. The molecule has 3 heterocycles. The average Bonchev–Trinajstić information content (AvgIpc) is 3.27. The lowest BCUT2D eigenvalue weighted by molar-refractivity contribution is -0.116. The van der Waals surface area contributed by atoms with Gasteiger partial charge >= 0.3 is 0 Å². The van der Waals surface area contributed by atoms with Crippen molar-refractivity contribution in [2.24, 2.45) is 0 Å². The van der Waals surface area contributed by atoms with Gasteiger partial charge in [0.25, 0.3) is 5.91 Å². The Balaban J connectivity index is 1.49. The number of thiazole rings is 1. The zero-order valence-electron chi connectivity index (χ0n) is 12.6. The van der Waals surface area contributed by atoms with Gasteiger partial charge in [-0.25, -0.2) is 4.98 Å². The lowest BCUT2D eigenvalue weighted by atomic mass is 10.2. The molecule has 0 aliphatic rings. The first-order chi connectivity index (χ1) is 11.6. The summed E-state index contributed by atoms with van der Waals surface area (Å²) in [6, 6.07) is 3.21. The molecule has 24 heavy (non-hydrogen) atoms. The van der Waals surface area contributed by atoms with E-state index in [1.54, 1.807) is 17.5 Å². The van der Waals surface area contributed by atoms with E-state index in [-0.39, 0.29) is 24.0 Å². The molecule has 3 aromatic heterocycles. The van der Waals surface area contributed by atoms with E-state index < -0.39 is 0 Å². The molecule has 0 unspecified atom stereocenters. The molecule has 124 valence electrons. The van der Waals surface area contributed by atoms with E-state index in [0.717, 1.165) is 10.7 Å². The number of nitrogens with zero attached hydrogens (tertiary/aromatic N) is 3. The van der Waals surface area contributed by atoms with E-state index in [4.69, 9.17) is 4.42 Å². The van der Waals surface area contributed by atoms with E-state index in [9.17, 15) is 9.59 Å². The van der Waals surface area contributed by atoms with Gasteiger partial charge in [0.05, 0.1) is 12.0 Å². The molecule has 2 N–H and O–H groups in total. The van der Waals surface area contributed by atoms with Crippen LogP contribution in [0.1, 0.15) is 27.7 Å². The summed E-state index contributed by atoms with van der Waals surface area (Å²) in [5.41, 5.74) is 0.735. The summed E-state index contributed by atoms with van der Waals surface area (Å²) in [5, 5.41) is 16.6. The molecule has 10 heteroatoms. The molecule has 0 aliphatic heterocycles. The van der Waals surface area contributed by atoms with Gasteiger partial charge in [0.1, 0.15) is 5.01 Å². The molecule has 0 saturated carbocycles. The number of anilines is 2. The number of carbonyl (C=O) groups excluding carboxylic acids is 2. The van der Waals surface area contributed by atoms with Crippen molar-refractivity contribution in [3.05, 3.63) is 40.2 Å². The van der Waals surface area contributed by atoms with Crippen molar-refractivity contribution >= 4 is 44.8 Å². The minimum absolute atomic E-state index is 0.152. The molecule has 0 bridgehead atoms. The van der Waals surface area contributed by atoms with E-state index in [1.165, 1.54) is 28.9 Å². The number of rotatable bonds is 6. The molecule has 0 aromatic carbocycles. The maximum absolute atomic E-state index is 11.9.